The molecule has 6 heterocycles. The Morgan fingerprint density at radius 2 is 0.452 bits per heavy atom. The summed E-state index contributed by atoms with van der Waals surface area (Å²) < 4.78 is 51.5. The minimum absolute atomic E-state index is 0.0741. The van der Waals surface area contributed by atoms with Gasteiger partial charge in [0.25, 0.3) is 10.8 Å². The van der Waals surface area contributed by atoms with Crippen molar-refractivity contribution in [3.63, 3.8) is 0 Å². The summed E-state index contributed by atoms with van der Waals surface area (Å²) in [5.41, 5.74) is -16.8. The van der Waals surface area contributed by atoms with Gasteiger partial charge in [-0.1, -0.05) is 41.5 Å². The van der Waals surface area contributed by atoms with Crippen molar-refractivity contribution in [2.75, 3.05) is 13.2 Å². The number of carbonyl (C=O) groups is 8. The molecule has 8 aliphatic rings. The number of ether oxygens (including phenoxy) is 8. The quantitative estimate of drug-likeness (QED) is 0.0244. The Hall–Kier alpha value is -4.64. The van der Waals surface area contributed by atoms with Crippen molar-refractivity contribution in [3.8, 4) is 0 Å². The number of nitrogens with one attached hydrogen (secondary N) is 6. The summed E-state index contributed by atoms with van der Waals surface area (Å²) in [6.07, 6.45) is -7.58. The van der Waals surface area contributed by atoms with Crippen LogP contribution in [0.2, 0.25) is 0 Å². The van der Waals surface area contributed by atoms with Crippen LogP contribution in [0.4, 0.5) is 0 Å². The highest BCUT2D eigenvalue weighted by molar-refractivity contribution is 6.21. The van der Waals surface area contributed by atoms with Gasteiger partial charge in [-0.2, -0.15) is 0 Å². The molecule has 26 nitrogen and oxygen atoms in total. The molecule has 2 saturated carbocycles. The van der Waals surface area contributed by atoms with Gasteiger partial charge in [0.15, 0.2) is 0 Å². The number of piperidine rings is 6. The van der Waals surface area contributed by atoms with Crippen molar-refractivity contribution in [2.24, 2.45) is 50.7 Å². The standard InChI is InChI=1S/C89H154N6O20/c1-31-57(65(100)110-51-33-75(7,8)90-76(9,10)34-51)88(69(104)112-53-37-79(15,16)92-80(17,18)38-53,70(105)113-54-39-81(19,20)93-82(21,22)40-54)67(102)108-49-73(3,4)63-59(96)45-87(46-60(63)97)47-61(98)64(62(99)48-87)74(5,6)50-109-68(103)89(71(106)114-55-41-83(23,24)94-84(25,26)42-55,72(107)115-56-43-85(27,28)95-86(29,30)44-56)58(32-2)66(101)111-52-35-77(11,12)91-78(13,14)36-52/h51-64,90-99H,31-50H2,1-30H3. The van der Waals surface area contributed by atoms with Crippen LogP contribution in [-0.4, -0.2) is 209 Å². The fraction of sp³-hybridized carbons (Fsp3) is 0.910. The van der Waals surface area contributed by atoms with Crippen molar-refractivity contribution >= 4 is 47.8 Å². The van der Waals surface area contributed by atoms with Crippen LogP contribution in [-0.2, 0) is 76.3 Å². The fourth-order valence-corrected chi connectivity index (χ4v) is 24.3. The van der Waals surface area contributed by atoms with E-state index in [9.17, 15) is 20.4 Å². The van der Waals surface area contributed by atoms with E-state index in [4.69, 9.17) is 37.9 Å². The van der Waals surface area contributed by atoms with E-state index >= 15 is 38.4 Å². The van der Waals surface area contributed by atoms with Gasteiger partial charge in [-0.25, -0.2) is 0 Å². The van der Waals surface area contributed by atoms with Gasteiger partial charge < -0.3 is 90.2 Å². The lowest BCUT2D eigenvalue weighted by molar-refractivity contribution is -0.208. The third kappa shape index (κ3) is 22.8. The molecule has 0 aromatic rings. The number of hydrogen-bond donors (Lipinski definition) is 10. The van der Waals surface area contributed by atoms with Gasteiger partial charge in [-0.05, 0) is 210 Å². The number of hydrogen-bond acceptors (Lipinski definition) is 26. The zero-order valence-electron chi connectivity index (χ0n) is 76.0. The number of aliphatic hydroxyl groups is 4. The molecule has 6 atom stereocenters. The van der Waals surface area contributed by atoms with E-state index in [-0.39, 0.29) is 89.9 Å². The molecule has 6 saturated heterocycles. The lowest BCUT2D eigenvalue weighted by Gasteiger charge is -2.56. The zero-order valence-corrected chi connectivity index (χ0v) is 76.0. The molecule has 0 aromatic heterocycles. The normalized spacial score (nSPS) is 30.6. The molecule has 660 valence electrons. The van der Waals surface area contributed by atoms with Crippen LogP contribution in [0.15, 0.2) is 0 Å². The second-order valence-corrected chi connectivity index (χ2v) is 46.3. The van der Waals surface area contributed by atoms with E-state index in [0.29, 0.717) is 25.7 Å². The fourth-order valence-electron chi connectivity index (χ4n) is 24.3. The predicted molar refractivity (Wildman–Crippen MR) is 436 cm³/mol. The number of carbonyl (C=O) groups excluding carboxylic acids is 8. The van der Waals surface area contributed by atoms with Gasteiger partial charge in [-0.15, -0.1) is 0 Å². The van der Waals surface area contributed by atoms with Crippen LogP contribution in [0.3, 0.4) is 0 Å². The Morgan fingerprint density at radius 3 is 0.617 bits per heavy atom. The van der Waals surface area contributed by atoms with Gasteiger partial charge in [0.1, 0.15) is 36.6 Å². The number of esters is 8. The minimum Gasteiger partial charge on any atom is -0.464 e. The molecule has 6 unspecified atom stereocenters. The van der Waals surface area contributed by atoms with E-state index in [1.807, 2.05) is 166 Å². The van der Waals surface area contributed by atoms with Gasteiger partial charge >= 0.3 is 47.8 Å². The minimum atomic E-state index is -3.11. The average Bonchev–Trinajstić information content (AvgIpc) is 0.744. The zero-order chi connectivity index (χ0) is 87.2. The summed E-state index contributed by atoms with van der Waals surface area (Å²) in [5, 5.41) is 72.2. The molecule has 26 heteroatoms. The summed E-state index contributed by atoms with van der Waals surface area (Å²) in [7, 11) is 0. The van der Waals surface area contributed by atoms with E-state index in [0.717, 1.165) is 0 Å². The van der Waals surface area contributed by atoms with Crippen LogP contribution < -0.4 is 31.9 Å². The molecule has 115 heavy (non-hydrogen) atoms. The molecule has 8 rings (SSSR count). The molecule has 0 amide bonds. The molecule has 2 aliphatic carbocycles. The summed E-state index contributed by atoms with van der Waals surface area (Å²) >= 11 is 0. The smallest absolute Gasteiger partial charge is 0.336 e. The van der Waals surface area contributed by atoms with Gasteiger partial charge in [0, 0.05) is 166 Å². The molecule has 8 fully saturated rings. The lowest BCUT2D eigenvalue weighted by atomic mass is 9.53. The highest BCUT2D eigenvalue weighted by Crippen LogP contribution is 2.57. The molecule has 0 radical (unpaired) electrons. The first-order chi connectivity index (χ1) is 51.9. The Kier molecular flexibility index (Phi) is 27.5. The van der Waals surface area contributed by atoms with Crippen molar-refractivity contribution in [1.29, 1.82) is 0 Å². The maximum Gasteiger partial charge on any atom is 0.336 e. The van der Waals surface area contributed by atoms with Crippen molar-refractivity contribution in [3.05, 3.63) is 0 Å². The number of aliphatic hydroxyl groups excluding tert-OH is 4. The van der Waals surface area contributed by atoms with Gasteiger partial charge in [0.2, 0.25) is 0 Å². The van der Waals surface area contributed by atoms with Crippen LogP contribution in [0.1, 0.15) is 323 Å². The van der Waals surface area contributed by atoms with Crippen LogP contribution in [0.5, 0.6) is 0 Å². The molecule has 1 spiro atoms. The van der Waals surface area contributed by atoms with Gasteiger partial charge in [0.05, 0.1) is 49.5 Å². The molecule has 10 N–H and O–H groups in total. The second kappa shape index (κ2) is 33.0. The van der Waals surface area contributed by atoms with E-state index in [1.54, 1.807) is 41.5 Å². The van der Waals surface area contributed by atoms with Crippen molar-refractivity contribution in [1.82, 2.24) is 31.9 Å². The summed E-state index contributed by atoms with van der Waals surface area (Å²) in [5.74, 6) is -16.0. The Labute approximate surface area is 687 Å². The Balaban J connectivity index is 1.09. The molecule has 0 aromatic carbocycles. The molecule has 6 aliphatic heterocycles. The van der Waals surface area contributed by atoms with E-state index in [1.165, 1.54) is 0 Å². The van der Waals surface area contributed by atoms with Crippen molar-refractivity contribution in [2.45, 2.75) is 451 Å². The predicted octanol–water partition coefficient (Wildman–Crippen LogP) is 10.5. The largest absolute Gasteiger partial charge is 0.464 e. The van der Waals surface area contributed by atoms with E-state index < -0.39 is 239 Å². The molecular formula is C89H154N6O20. The highest BCUT2D eigenvalue weighted by Gasteiger charge is 2.70. The number of rotatable bonds is 24. The maximum atomic E-state index is 16.1. The molecule has 0 bridgehead atoms. The SMILES string of the molecule is CCC(C(=O)OC1CC(C)(C)NC(C)(C)C1)C(C(=O)OCC(C)(C)C1C(O)CC2(CC1O)CC(O)C(C(C)(C)COC(=O)C(C(=O)OC1CC(C)(C)NC(C)(C)C1)(C(=O)OC1CC(C)(C)NC(C)(C)C1)C(CC)C(=O)OC1CC(C)(C)NC(C)(C)C1)C(O)C2)(C(=O)OC1CC(C)(C)NC(C)(C)C1)C(=O)OC1CC(C)(C)NC(C)(C)C1. The summed E-state index contributed by atoms with van der Waals surface area (Å²) in [6.45, 7) is 55.9. The Morgan fingerprint density at radius 1 is 0.287 bits per heavy atom. The van der Waals surface area contributed by atoms with Crippen LogP contribution in [0.25, 0.3) is 0 Å². The van der Waals surface area contributed by atoms with Gasteiger partial charge in [-0.3, -0.25) is 38.4 Å². The lowest BCUT2D eigenvalue weighted by Crippen LogP contribution is -2.63. The monoisotopic (exact) mass is 1630 g/mol. The van der Waals surface area contributed by atoms with Crippen LogP contribution in [0, 0.1) is 50.7 Å². The third-order valence-corrected chi connectivity index (χ3v) is 26.1. The Bertz CT molecular complexity index is 3100. The first-order valence-corrected chi connectivity index (χ1v) is 43.0. The first-order valence-electron chi connectivity index (χ1n) is 43.0. The average molecular weight is 1630 g/mol. The maximum absolute atomic E-state index is 16.1. The summed E-state index contributed by atoms with van der Waals surface area (Å²) in [4.78, 5) is 127. The topological polar surface area (TPSA) is 363 Å². The summed E-state index contributed by atoms with van der Waals surface area (Å²) in [6, 6.07) is 0. The van der Waals surface area contributed by atoms with E-state index in [2.05, 4.69) is 31.9 Å². The van der Waals surface area contributed by atoms with Crippen LogP contribution >= 0.6 is 0 Å². The highest BCUT2D eigenvalue weighted by atomic mass is 16.6. The second-order valence-electron chi connectivity index (χ2n) is 46.3. The molecular weight excluding hydrogens is 1470 g/mol. The third-order valence-electron chi connectivity index (χ3n) is 26.1. The van der Waals surface area contributed by atoms with Crippen molar-refractivity contribution < 1.29 is 96.7 Å². The first kappa shape index (κ1) is 95.8.